The lowest BCUT2D eigenvalue weighted by Crippen LogP contribution is -2.42. The molecule has 1 atom stereocenters. The molecule has 2 rings (SSSR count). The first-order valence-corrected chi connectivity index (χ1v) is 7.08. The summed E-state index contributed by atoms with van der Waals surface area (Å²) in [6.07, 6.45) is 3.61. The Kier molecular flexibility index (Phi) is 4.66. The Morgan fingerprint density at radius 1 is 1.22 bits per heavy atom. The minimum absolute atomic E-state index is 0.0820. The Bertz CT molecular complexity index is 441. The van der Waals surface area contributed by atoms with Crippen LogP contribution >= 0.6 is 23.2 Å². The van der Waals surface area contributed by atoms with Crippen molar-refractivity contribution in [3.8, 4) is 0 Å². The average molecular weight is 286 g/mol. The monoisotopic (exact) mass is 285 g/mol. The van der Waals surface area contributed by atoms with Crippen LogP contribution in [-0.2, 0) is 0 Å². The van der Waals surface area contributed by atoms with Crippen molar-refractivity contribution in [3.63, 3.8) is 0 Å². The Morgan fingerprint density at radius 2 is 1.89 bits per heavy atom. The van der Waals surface area contributed by atoms with E-state index < -0.39 is 0 Å². The van der Waals surface area contributed by atoms with Gasteiger partial charge in [-0.05, 0) is 51.1 Å². The number of carbonyl (C=O) groups is 1. The molecule has 98 valence electrons. The zero-order valence-electron chi connectivity index (χ0n) is 10.5. The minimum atomic E-state index is -0.107. The largest absolute Gasteiger partial charge is 0.294 e. The van der Waals surface area contributed by atoms with Crippen LogP contribution in [0.25, 0.3) is 0 Å². The molecule has 4 heteroatoms. The van der Waals surface area contributed by atoms with Crippen molar-refractivity contribution in [1.82, 2.24) is 4.90 Å². The van der Waals surface area contributed by atoms with E-state index in [-0.39, 0.29) is 11.8 Å². The zero-order chi connectivity index (χ0) is 13.1. The highest BCUT2D eigenvalue weighted by atomic mass is 35.5. The lowest BCUT2D eigenvalue weighted by atomic mass is 10.0. The lowest BCUT2D eigenvalue weighted by molar-refractivity contribution is 0.0809. The summed E-state index contributed by atoms with van der Waals surface area (Å²) >= 11 is 11.9. The molecule has 0 bridgehead atoms. The number of ketones is 1. The molecule has 0 spiro atoms. The van der Waals surface area contributed by atoms with E-state index in [9.17, 15) is 4.79 Å². The third-order valence-electron chi connectivity index (χ3n) is 3.51. The van der Waals surface area contributed by atoms with Gasteiger partial charge in [-0.1, -0.05) is 29.6 Å². The maximum Gasteiger partial charge on any atom is 0.181 e. The van der Waals surface area contributed by atoms with Crippen molar-refractivity contribution in [2.24, 2.45) is 0 Å². The number of benzene rings is 1. The second-order valence-corrected chi connectivity index (χ2v) is 5.60. The molecular weight excluding hydrogens is 269 g/mol. The van der Waals surface area contributed by atoms with Crippen LogP contribution < -0.4 is 0 Å². The Balaban J connectivity index is 2.14. The van der Waals surface area contributed by atoms with Crippen LogP contribution in [-0.4, -0.2) is 29.8 Å². The normalized spacial score (nSPS) is 18.6. The van der Waals surface area contributed by atoms with Crippen molar-refractivity contribution in [2.45, 2.75) is 32.2 Å². The molecule has 0 aliphatic carbocycles. The van der Waals surface area contributed by atoms with E-state index in [1.165, 1.54) is 19.3 Å². The first kappa shape index (κ1) is 13.9. The number of hydrogen-bond acceptors (Lipinski definition) is 2. The van der Waals surface area contributed by atoms with Crippen molar-refractivity contribution in [3.05, 3.63) is 33.8 Å². The van der Waals surface area contributed by atoms with E-state index in [2.05, 4.69) is 4.90 Å². The van der Waals surface area contributed by atoms with E-state index >= 15 is 0 Å². The number of nitrogens with zero attached hydrogens (tertiary/aromatic N) is 1. The number of halogens is 2. The standard InChI is InChI=1S/C14H17Cl2NO/c1-10(17-7-3-2-4-8-17)14(18)12-6-5-11(15)9-13(12)16/h5-6,9-10H,2-4,7-8H2,1H3. The number of Topliss-reactive ketones (excluding diaryl/α,β-unsaturated/α-hetero) is 1. The maximum absolute atomic E-state index is 12.4. The summed E-state index contributed by atoms with van der Waals surface area (Å²) in [6.45, 7) is 3.95. The molecule has 1 saturated heterocycles. The molecule has 1 aliphatic rings. The van der Waals surface area contributed by atoms with Gasteiger partial charge in [0.25, 0.3) is 0 Å². The van der Waals surface area contributed by atoms with Gasteiger partial charge in [-0.25, -0.2) is 0 Å². The predicted molar refractivity (Wildman–Crippen MR) is 75.7 cm³/mol. The van der Waals surface area contributed by atoms with Gasteiger partial charge in [0.05, 0.1) is 11.1 Å². The molecule has 1 aliphatic heterocycles. The van der Waals surface area contributed by atoms with E-state index in [4.69, 9.17) is 23.2 Å². The highest BCUT2D eigenvalue weighted by molar-refractivity contribution is 6.37. The number of likely N-dealkylation sites (tertiary alicyclic amines) is 1. The SMILES string of the molecule is CC(C(=O)c1ccc(Cl)cc1Cl)N1CCCCC1. The molecule has 1 fully saturated rings. The van der Waals surface area contributed by atoms with Gasteiger partial charge in [0.1, 0.15) is 0 Å². The topological polar surface area (TPSA) is 20.3 Å². The first-order chi connectivity index (χ1) is 8.59. The molecule has 0 aromatic heterocycles. The molecular formula is C14H17Cl2NO. The summed E-state index contributed by atoms with van der Waals surface area (Å²) < 4.78 is 0. The highest BCUT2D eigenvalue weighted by Gasteiger charge is 2.25. The van der Waals surface area contributed by atoms with Gasteiger partial charge in [0.15, 0.2) is 5.78 Å². The van der Waals surface area contributed by atoms with Gasteiger partial charge in [-0.15, -0.1) is 0 Å². The molecule has 1 unspecified atom stereocenters. The summed E-state index contributed by atoms with van der Waals surface area (Å²) in [5.41, 5.74) is 0.569. The molecule has 1 aromatic rings. The summed E-state index contributed by atoms with van der Waals surface area (Å²) in [5, 5.41) is 0.999. The van der Waals surface area contributed by atoms with Crippen LogP contribution in [0.1, 0.15) is 36.5 Å². The van der Waals surface area contributed by atoms with Crippen LogP contribution in [0.5, 0.6) is 0 Å². The number of carbonyl (C=O) groups excluding carboxylic acids is 1. The van der Waals surface area contributed by atoms with Gasteiger partial charge in [-0.3, -0.25) is 9.69 Å². The van der Waals surface area contributed by atoms with Gasteiger partial charge < -0.3 is 0 Å². The minimum Gasteiger partial charge on any atom is -0.294 e. The summed E-state index contributed by atoms with van der Waals surface area (Å²) in [7, 11) is 0. The molecule has 0 saturated carbocycles. The van der Waals surface area contributed by atoms with Gasteiger partial charge >= 0.3 is 0 Å². The van der Waals surface area contributed by atoms with Gasteiger partial charge in [0, 0.05) is 10.6 Å². The van der Waals surface area contributed by atoms with Gasteiger partial charge in [-0.2, -0.15) is 0 Å². The quantitative estimate of drug-likeness (QED) is 0.781. The smallest absolute Gasteiger partial charge is 0.181 e. The number of hydrogen-bond donors (Lipinski definition) is 0. The van der Waals surface area contributed by atoms with Crippen molar-refractivity contribution < 1.29 is 4.79 Å². The molecule has 0 N–H and O–H groups in total. The van der Waals surface area contributed by atoms with Crippen LogP contribution in [0, 0.1) is 0 Å². The maximum atomic E-state index is 12.4. The number of rotatable bonds is 3. The molecule has 0 amide bonds. The second kappa shape index (κ2) is 6.05. The fraction of sp³-hybridized carbons (Fsp3) is 0.500. The molecule has 1 heterocycles. The van der Waals surface area contributed by atoms with E-state index in [1.807, 2.05) is 6.92 Å². The fourth-order valence-corrected chi connectivity index (χ4v) is 2.89. The molecule has 1 aromatic carbocycles. The fourth-order valence-electron chi connectivity index (χ4n) is 2.39. The Hall–Kier alpha value is -0.570. The molecule has 18 heavy (non-hydrogen) atoms. The van der Waals surface area contributed by atoms with Gasteiger partial charge in [0.2, 0.25) is 0 Å². The van der Waals surface area contributed by atoms with E-state index in [0.29, 0.717) is 15.6 Å². The van der Waals surface area contributed by atoms with Crippen molar-refractivity contribution in [2.75, 3.05) is 13.1 Å². The summed E-state index contributed by atoms with van der Waals surface area (Å²) in [4.78, 5) is 14.6. The molecule has 0 radical (unpaired) electrons. The van der Waals surface area contributed by atoms with Crippen LogP contribution in [0.2, 0.25) is 10.0 Å². The van der Waals surface area contributed by atoms with Crippen molar-refractivity contribution >= 4 is 29.0 Å². The number of piperidine rings is 1. The molecule has 2 nitrogen and oxygen atoms in total. The van der Waals surface area contributed by atoms with Crippen LogP contribution in [0.4, 0.5) is 0 Å². The third-order valence-corrected chi connectivity index (χ3v) is 4.06. The van der Waals surface area contributed by atoms with E-state index in [1.54, 1.807) is 18.2 Å². The van der Waals surface area contributed by atoms with Crippen molar-refractivity contribution in [1.29, 1.82) is 0 Å². The third kappa shape index (κ3) is 3.05. The zero-order valence-corrected chi connectivity index (χ0v) is 12.0. The Morgan fingerprint density at radius 3 is 2.50 bits per heavy atom. The predicted octanol–water partition coefficient (Wildman–Crippen LogP) is 4.05. The summed E-state index contributed by atoms with van der Waals surface area (Å²) in [6, 6.07) is 4.94. The Labute approximate surface area is 118 Å². The first-order valence-electron chi connectivity index (χ1n) is 6.33. The van der Waals surface area contributed by atoms with Crippen LogP contribution in [0.15, 0.2) is 18.2 Å². The highest BCUT2D eigenvalue weighted by Crippen LogP contribution is 2.24. The second-order valence-electron chi connectivity index (χ2n) is 4.76. The summed E-state index contributed by atoms with van der Waals surface area (Å²) in [5.74, 6) is 0.0820. The lowest BCUT2D eigenvalue weighted by Gasteiger charge is -2.31. The van der Waals surface area contributed by atoms with Crippen LogP contribution in [0.3, 0.4) is 0 Å². The average Bonchev–Trinajstić information content (AvgIpc) is 2.38. The van der Waals surface area contributed by atoms with E-state index in [0.717, 1.165) is 13.1 Å².